The normalized spacial score (nSPS) is 20.9. The Labute approximate surface area is 164 Å². The van der Waals surface area contributed by atoms with E-state index in [1.54, 1.807) is 12.1 Å². The number of rotatable bonds is 6. The van der Waals surface area contributed by atoms with Crippen molar-refractivity contribution in [1.29, 1.82) is 0 Å². The van der Waals surface area contributed by atoms with Crippen molar-refractivity contribution in [1.82, 2.24) is 5.32 Å². The predicted molar refractivity (Wildman–Crippen MR) is 104 cm³/mol. The zero-order chi connectivity index (χ0) is 19.6. The fourth-order valence-electron chi connectivity index (χ4n) is 4.31. The van der Waals surface area contributed by atoms with Crippen LogP contribution in [0.4, 0.5) is 4.39 Å². The smallest absolute Gasteiger partial charge is 0.230 e. The Morgan fingerprint density at radius 2 is 1.75 bits per heavy atom. The molecule has 28 heavy (non-hydrogen) atoms. The van der Waals surface area contributed by atoms with Gasteiger partial charge in [0.15, 0.2) is 0 Å². The highest BCUT2D eigenvalue weighted by Crippen LogP contribution is 2.48. The summed E-state index contributed by atoms with van der Waals surface area (Å²) in [7, 11) is 0. The number of carbonyl (C=O) groups excluding carboxylic acids is 1. The lowest BCUT2D eigenvalue weighted by Crippen LogP contribution is -2.49. The van der Waals surface area contributed by atoms with Crippen LogP contribution in [-0.4, -0.2) is 30.8 Å². The summed E-state index contributed by atoms with van der Waals surface area (Å²) in [5, 5.41) is 14.6. The molecule has 4 rings (SSSR count). The molecular weight excluding hydrogens is 357 g/mol. The van der Waals surface area contributed by atoms with Crippen LogP contribution in [0.5, 0.6) is 0 Å². The molecule has 0 bridgehead atoms. The van der Waals surface area contributed by atoms with Crippen LogP contribution in [0.15, 0.2) is 54.6 Å². The fourth-order valence-corrected chi connectivity index (χ4v) is 4.31. The summed E-state index contributed by atoms with van der Waals surface area (Å²) >= 11 is 0. The van der Waals surface area contributed by atoms with Gasteiger partial charge in [0.2, 0.25) is 5.91 Å². The van der Waals surface area contributed by atoms with E-state index in [0.717, 1.165) is 36.8 Å². The SMILES string of the molecule is O=C(NCC(O)(c1ccccc1)C1CCOCC1)C1(c2ccc(F)cc2)CC1. The molecule has 5 heteroatoms. The topological polar surface area (TPSA) is 58.6 Å². The first kappa shape index (κ1) is 19.1. The van der Waals surface area contributed by atoms with Gasteiger partial charge in [0.1, 0.15) is 11.4 Å². The Hall–Kier alpha value is -2.24. The van der Waals surface area contributed by atoms with E-state index in [1.165, 1.54) is 12.1 Å². The quantitative estimate of drug-likeness (QED) is 0.805. The van der Waals surface area contributed by atoms with Crippen LogP contribution in [0, 0.1) is 11.7 Å². The first-order valence-electron chi connectivity index (χ1n) is 9.95. The summed E-state index contributed by atoms with van der Waals surface area (Å²) in [6, 6.07) is 15.7. The third-order valence-electron chi connectivity index (χ3n) is 6.27. The molecule has 2 aromatic rings. The van der Waals surface area contributed by atoms with E-state index in [0.29, 0.717) is 13.2 Å². The molecule has 1 saturated carbocycles. The second-order valence-corrected chi connectivity index (χ2v) is 7.95. The Balaban J connectivity index is 1.53. The number of hydrogen-bond donors (Lipinski definition) is 2. The third-order valence-corrected chi connectivity index (χ3v) is 6.27. The predicted octanol–water partition coefficient (Wildman–Crippen LogP) is 3.29. The van der Waals surface area contributed by atoms with Gasteiger partial charge in [0, 0.05) is 13.2 Å². The number of halogens is 1. The monoisotopic (exact) mass is 383 g/mol. The molecule has 0 radical (unpaired) electrons. The van der Waals surface area contributed by atoms with Crippen LogP contribution in [0.1, 0.15) is 36.8 Å². The molecule has 1 aliphatic carbocycles. The highest BCUT2D eigenvalue weighted by molar-refractivity contribution is 5.91. The molecule has 1 atom stereocenters. The average molecular weight is 383 g/mol. The lowest BCUT2D eigenvalue weighted by atomic mass is 9.77. The summed E-state index contributed by atoms with van der Waals surface area (Å²) in [5.74, 6) is -0.386. The van der Waals surface area contributed by atoms with Crippen LogP contribution in [0.2, 0.25) is 0 Å². The minimum absolute atomic E-state index is 0.0184. The zero-order valence-corrected chi connectivity index (χ0v) is 15.9. The van der Waals surface area contributed by atoms with E-state index in [1.807, 2.05) is 30.3 Å². The number of amides is 1. The van der Waals surface area contributed by atoms with Gasteiger partial charge in [-0.25, -0.2) is 4.39 Å². The fraction of sp³-hybridized carbons (Fsp3) is 0.435. The van der Waals surface area contributed by atoms with Crippen molar-refractivity contribution in [3.63, 3.8) is 0 Å². The first-order chi connectivity index (χ1) is 13.5. The molecule has 2 fully saturated rings. The Morgan fingerprint density at radius 1 is 1.11 bits per heavy atom. The largest absolute Gasteiger partial charge is 0.383 e. The number of nitrogens with one attached hydrogen (secondary N) is 1. The van der Waals surface area contributed by atoms with Gasteiger partial charge in [-0.05, 0) is 54.9 Å². The highest BCUT2D eigenvalue weighted by atomic mass is 19.1. The van der Waals surface area contributed by atoms with Crippen molar-refractivity contribution < 1.29 is 19.0 Å². The van der Waals surface area contributed by atoms with E-state index in [-0.39, 0.29) is 24.2 Å². The van der Waals surface area contributed by atoms with Crippen molar-refractivity contribution in [2.45, 2.75) is 36.7 Å². The molecule has 2 N–H and O–H groups in total. The van der Waals surface area contributed by atoms with Gasteiger partial charge in [-0.15, -0.1) is 0 Å². The molecule has 1 heterocycles. The second-order valence-electron chi connectivity index (χ2n) is 7.95. The van der Waals surface area contributed by atoms with Gasteiger partial charge in [-0.2, -0.15) is 0 Å². The lowest BCUT2D eigenvalue weighted by molar-refractivity contribution is -0.126. The van der Waals surface area contributed by atoms with Gasteiger partial charge in [0.05, 0.1) is 12.0 Å². The molecule has 2 aromatic carbocycles. The van der Waals surface area contributed by atoms with Crippen molar-refractivity contribution in [3.8, 4) is 0 Å². The highest BCUT2D eigenvalue weighted by Gasteiger charge is 2.52. The molecule has 1 aliphatic heterocycles. The van der Waals surface area contributed by atoms with Crippen LogP contribution in [0.3, 0.4) is 0 Å². The molecule has 1 saturated heterocycles. The number of aliphatic hydroxyl groups is 1. The third kappa shape index (κ3) is 3.56. The Morgan fingerprint density at radius 3 is 2.36 bits per heavy atom. The van der Waals surface area contributed by atoms with Crippen molar-refractivity contribution in [2.24, 2.45) is 5.92 Å². The zero-order valence-electron chi connectivity index (χ0n) is 15.9. The molecule has 0 spiro atoms. The van der Waals surface area contributed by atoms with Crippen LogP contribution < -0.4 is 5.32 Å². The molecule has 4 nitrogen and oxygen atoms in total. The van der Waals surface area contributed by atoms with Gasteiger partial charge in [-0.3, -0.25) is 4.79 Å². The summed E-state index contributed by atoms with van der Waals surface area (Å²) in [5.41, 5.74) is -0.0878. The number of carbonyl (C=O) groups is 1. The van der Waals surface area contributed by atoms with Crippen molar-refractivity contribution >= 4 is 5.91 Å². The van der Waals surface area contributed by atoms with Gasteiger partial charge in [0.25, 0.3) is 0 Å². The number of ether oxygens (including phenoxy) is 1. The standard InChI is InChI=1S/C23H26FNO3/c24-20-8-6-17(7-9-20)22(12-13-22)21(26)25-16-23(27,18-4-2-1-3-5-18)19-10-14-28-15-11-19/h1-9,19,27H,10-16H2,(H,25,26). The maximum absolute atomic E-state index is 13.3. The van der Waals surface area contributed by atoms with Crippen molar-refractivity contribution in [3.05, 3.63) is 71.5 Å². The summed E-state index contributed by atoms with van der Waals surface area (Å²) in [6.45, 7) is 1.39. The van der Waals surface area contributed by atoms with Gasteiger partial charge in [-0.1, -0.05) is 42.5 Å². The molecule has 1 amide bonds. The molecular formula is C23H26FNO3. The van der Waals surface area contributed by atoms with E-state index in [2.05, 4.69) is 5.32 Å². The van der Waals surface area contributed by atoms with Crippen LogP contribution in [-0.2, 0) is 20.5 Å². The Kier molecular flexibility index (Phi) is 5.21. The minimum atomic E-state index is -1.14. The molecule has 0 aromatic heterocycles. The van der Waals surface area contributed by atoms with Gasteiger partial charge < -0.3 is 15.2 Å². The number of hydrogen-bond acceptors (Lipinski definition) is 3. The first-order valence-corrected chi connectivity index (χ1v) is 9.95. The van der Waals surface area contributed by atoms with E-state index >= 15 is 0 Å². The molecule has 2 aliphatic rings. The second kappa shape index (κ2) is 7.64. The number of benzene rings is 2. The molecule has 1 unspecified atom stereocenters. The maximum atomic E-state index is 13.3. The summed E-state index contributed by atoms with van der Waals surface area (Å²) < 4.78 is 18.7. The van der Waals surface area contributed by atoms with E-state index < -0.39 is 11.0 Å². The average Bonchev–Trinajstić information content (AvgIpc) is 3.55. The molecule has 148 valence electrons. The Bertz CT molecular complexity index is 814. The van der Waals surface area contributed by atoms with Crippen molar-refractivity contribution in [2.75, 3.05) is 19.8 Å². The van der Waals surface area contributed by atoms with Crippen LogP contribution >= 0.6 is 0 Å². The minimum Gasteiger partial charge on any atom is -0.383 e. The van der Waals surface area contributed by atoms with Gasteiger partial charge >= 0.3 is 0 Å². The van der Waals surface area contributed by atoms with E-state index in [9.17, 15) is 14.3 Å². The summed E-state index contributed by atoms with van der Waals surface area (Å²) in [4.78, 5) is 13.0. The van der Waals surface area contributed by atoms with E-state index in [4.69, 9.17) is 4.74 Å². The summed E-state index contributed by atoms with van der Waals surface area (Å²) in [6.07, 6.45) is 2.99. The lowest BCUT2D eigenvalue weighted by Gasteiger charge is -2.39. The maximum Gasteiger partial charge on any atom is 0.230 e. The van der Waals surface area contributed by atoms with Crippen LogP contribution in [0.25, 0.3) is 0 Å².